The molecule has 2 N–H and O–H groups in total. The van der Waals surface area contributed by atoms with Gasteiger partial charge in [0, 0.05) is 13.1 Å². The Morgan fingerprint density at radius 3 is 2.65 bits per heavy atom. The van der Waals surface area contributed by atoms with Crippen LogP contribution in [0.4, 0.5) is 19.0 Å². The van der Waals surface area contributed by atoms with Crippen LogP contribution in [0.1, 0.15) is 17.4 Å². The second kappa shape index (κ2) is 7.63. The van der Waals surface area contributed by atoms with Gasteiger partial charge < -0.3 is 15.4 Å². The average Bonchev–Trinajstić information content (AvgIpc) is 2.38. The predicted molar refractivity (Wildman–Crippen MR) is 65.4 cm³/mol. The van der Waals surface area contributed by atoms with E-state index in [4.69, 9.17) is 0 Å². The Labute approximate surface area is 113 Å². The molecule has 0 saturated heterocycles. The van der Waals surface area contributed by atoms with E-state index in [9.17, 15) is 18.0 Å². The zero-order chi connectivity index (χ0) is 15.0. The summed E-state index contributed by atoms with van der Waals surface area (Å²) in [6.07, 6.45) is -4.33. The van der Waals surface area contributed by atoms with Gasteiger partial charge in [0.25, 0.3) is 5.91 Å². The summed E-state index contributed by atoms with van der Waals surface area (Å²) < 4.78 is 39.8. The minimum absolute atomic E-state index is 0.112. The largest absolute Gasteiger partial charge is 0.411 e. The summed E-state index contributed by atoms with van der Waals surface area (Å²) in [7, 11) is 0. The summed E-state index contributed by atoms with van der Waals surface area (Å²) in [6, 6.07) is 2.98. The zero-order valence-corrected chi connectivity index (χ0v) is 10.8. The molecule has 1 heterocycles. The average molecular weight is 292 g/mol. The number of amides is 1. The summed E-state index contributed by atoms with van der Waals surface area (Å²) in [6.45, 7) is 1.03. The lowest BCUT2D eigenvalue weighted by atomic mass is 10.3. The fourth-order valence-electron chi connectivity index (χ4n) is 1.24. The molecule has 1 aromatic rings. The fraction of sp³-hybridized carbons (Fsp3) is 0.545. The van der Waals surface area contributed by atoms with Gasteiger partial charge >= 0.3 is 6.18 Å². The molecule has 1 rings (SSSR count). The van der Waals surface area contributed by atoms with E-state index in [1.54, 1.807) is 6.92 Å². The molecule has 0 unspecified atom stereocenters. The van der Waals surface area contributed by atoms with Gasteiger partial charge in [-0.15, -0.1) is 10.2 Å². The third-order valence-electron chi connectivity index (χ3n) is 2.05. The molecule has 0 spiro atoms. The van der Waals surface area contributed by atoms with E-state index in [1.165, 1.54) is 12.1 Å². The van der Waals surface area contributed by atoms with Crippen LogP contribution in [0.25, 0.3) is 0 Å². The number of carbonyl (C=O) groups excluding carboxylic acids is 1. The highest BCUT2D eigenvalue weighted by molar-refractivity contribution is 5.92. The fourth-order valence-corrected chi connectivity index (χ4v) is 1.24. The van der Waals surface area contributed by atoms with Crippen LogP contribution in [0, 0.1) is 0 Å². The van der Waals surface area contributed by atoms with E-state index in [2.05, 4.69) is 25.6 Å². The van der Waals surface area contributed by atoms with Crippen molar-refractivity contribution in [2.24, 2.45) is 0 Å². The SMILES string of the molecule is CCNC(=O)c1ccc(NCCOCC(F)(F)F)nn1. The third kappa shape index (κ3) is 6.32. The maximum absolute atomic E-state index is 11.8. The molecule has 0 aliphatic carbocycles. The van der Waals surface area contributed by atoms with Crippen LogP contribution in [0.3, 0.4) is 0 Å². The number of nitrogens with one attached hydrogen (secondary N) is 2. The standard InChI is InChI=1S/C11H15F3N4O2/c1-2-15-10(19)8-3-4-9(18-17-8)16-5-6-20-7-11(12,13)14/h3-4H,2,5-7H2,1H3,(H,15,19)(H,16,18). The minimum Gasteiger partial charge on any atom is -0.370 e. The smallest absolute Gasteiger partial charge is 0.370 e. The number of nitrogens with zero attached hydrogens (tertiary/aromatic N) is 2. The highest BCUT2D eigenvalue weighted by Gasteiger charge is 2.27. The van der Waals surface area contributed by atoms with E-state index in [0.29, 0.717) is 12.4 Å². The van der Waals surface area contributed by atoms with Crippen molar-refractivity contribution in [3.8, 4) is 0 Å². The maximum Gasteiger partial charge on any atom is 0.411 e. The van der Waals surface area contributed by atoms with Crippen LogP contribution in [0.2, 0.25) is 0 Å². The van der Waals surface area contributed by atoms with Crippen molar-refractivity contribution >= 4 is 11.7 Å². The molecule has 0 fully saturated rings. The predicted octanol–water partition coefficient (Wildman–Crippen LogP) is 1.22. The van der Waals surface area contributed by atoms with Gasteiger partial charge in [-0.2, -0.15) is 13.2 Å². The van der Waals surface area contributed by atoms with Crippen molar-refractivity contribution < 1.29 is 22.7 Å². The van der Waals surface area contributed by atoms with Gasteiger partial charge in [-0.3, -0.25) is 4.79 Å². The molecule has 20 heavy (non-hydrogen) atoms. The number of hydrogen-bond acceptors (Lipinski definition) is 5. The quantitative estimate of drug-likeness (QED) is 0.739. The van der Waals surface area contributed by atoms with Gasteiger partial charge in [0.1, 0.15) is 12.4 Å². The summed E-state index contributed by atoms with van der Waals surface area (Å²) >= 11 is 0. The Morgan fingerprint density at radius 2 is 2.10 bits per heavy atom. The zero-order valence-electron chi connectivity index (χ0n) is 10.8. The number of rotatable bonds is 7. The molecule has 1 amide bonds. The third-order valence-corrected chi connectivity index (χ3v) is 2.05. The second-order valence-corrected chi connectivity index (χ2v) is 3.76. The van der Waals surface area contributed by atoms with Gasteiger partial charge in [0.15, 0.2) is 5.69 Å². The molecule has 0 atom stereocenters. The number of carbonyl (C=O) groups is 1. The van der Waals surface area contributed by atoms with E-state index in [-0.39, 0.29) is 24.8 Å². The van der Waals surface area contributed by atoms with Gasteiger partial charge in [-0.1, -0.05) is 0 Å². The van der Waals surface area contributed by atoms with Crippen molar-refractivity contribution in [2.75, 3.05) is 31.6 Å². The minimum atomic E-state index is -4.33. The van der Waals surface area contributed by atoms with E-state index in [1.807, 2.05) is 0 Å². The molecule has 0 radical (unpaired) electrons. The highest BCUT2D eigenvalue weighted by atomic mass is 19.4. The van der Waals surface area contributed by atoms with Gasteiger partial charge in [0.2, 0.25) is 0 Å². The Bertz CT molecular complexity index is 423. The van der Waals surface area contributed by atoms with Crippen molar-refractivity contribution in [3.05, 3.63) is 17.8 Å². The lowest BCUT2D eigenvalue weighted by Crippen LogP contribution is -2.24. The topological polar surface area (TPSA) is 76.1 Å². The first-order valence-corrected chi connectivity index (χ1v) is 5.92. The molecule has 0 aliphatic rings. The molecule has 0 aromatic carbocycles. The number of ether oxygens (including phenoxy) is 1. The van der Waals surface area contributed by atoms with Crippen LogP contribution in [-0.4, -0.2) is 48.6 Å². The number of anilines is 1. The van der Waals surface area contributed by atoms with Crippen LogP contribution < -0.4 is 10.6 Å². The van der Waals surface area contributed by atoms with Crippen LogP contribution in [0.15, 0.2) is 12.1 Å². The van der Waals surface area contributed by atoms with Crippen molar-refractivity contribution in [3.63, 3.8) is 0 Å². The van der Waals surface area contributed by atoms with Crippen molar-refractivity contribution in [2.45, 2.75) is 13.1 Å². The summed E-state index contributed by atoms with van der Waals surface area (Å²) in [5.41, 5.74) is 0.172. The summed E-state index contributed by atoms with van der Waals surface area (Å²) in [5, 5.41) is 12.7. The number of alkyl halides is 3. The van der Waals surface area contributed by atoms with E-state index in [0.717, 1.165) is 0 Å². The molecule has 9 heteroatoms. The van der Waals surface area contributed by atoms with Crippen LogP contribution in [0.5, 0.6) is 0 Å². The van der Waals surface area contributed by atoms with Crippen LogP contribution in [-0.2, 0) is 4.74 Å². The van der Waals surface area contributed by atoms with Crippen molar-refractivity contribution in [1.82, 2.24) is 15.5 Å². The lowest BCUT2D eigenvalue weighted by Gasteiger charge is -2.08. The molecular weight excluding hydrogens is 277 g/mol. The molecule has 0 aliphatic heterocycles. The number of hydrogen-bond donors (Lipinski definition) is 2. The van der Waals surface area contributed by atoms with E-state index < -0.39 is 12.8 Å². The maximum atomic E-state index is 11.8. The molecule has 0 bridgehead atoms. The number of halogens is 3. The number of aromatic nitrogens is 2. The normalized spacial score (nSPS) is 11.2. The first kappa shape index (κ1) is 16.2. The Balaban J connectivity index is 2.30. The van der Waals surface area contributed by atoms with Crippen LogP contribution >= 0.6 is 0 Å². The van der Waals surface area contributed by atoms with E-state index >= 15 is 0 Å². The molecule has 0 saturated carbocycles. The van der Waals surface area contributed by atoms with Gasteiger partial charge in [-0.25, -0.2) is 0 Å². The first-order chi connectivity index (χ1) is 9.42. The monoisotopic (exact) mass is 292 g/mol. The lowest BCUT2D eigenvalue weighted by molar-refractivity contribution is -0.172. The first-order valence-electron chi connectivity index (χ1n) is 5.92. The highest BCUT2D eigenvalue weighted by Crippen LogP contribution is 2.14. The Hall–Kier alpha value is -1.90. The summed E-state index contributed by atoms with van der Waals surface area (Å²) in [4.78, 5) is 11.4. The molecule has 6 nitrogen and oxygen atoms in total. The molecular formula is C11H15F3N4O2. The second-order valence-electron chi connectivity index (χ2n) is 3.76. The summed E-state index contributed by atoms with van der Waals surface area (Å²) in [5.74, 6) is 0.0220. The van der Waals surface area contributed by atoms with Gasteiger partial charge in [0.05, 0.1) is 6.61 Å². The Morgan fingerprint density at radius 1 is 1.35 bits per heavy atom. The molecule has 1 aromatic heterocycles. The van der Waals surface area contributed by atoms with Crippen molar-refractivity contribution in [1.29, 1.82) is 0 Å². The Kier molecular flexibility index (Phi) is 6.16. The van der Waals surface area contributed by atoms with Gasteiger partial charge in [-0.05, 0) is 19.1 Å². The molecule has 112 valence electrons.